The van der Waals surface area contributed by atoms with Gasteiger partial charge in [0.1, 0.15) is 0 Å². The highest BCUT2D eigenvalue weighted by Crippen LogP contribution is 2.32. The van der Waals surface area contributed by atoms with Gasteiger partial charge in [-0.05, 0) is 37.0 Å². The fraction of sp³-hybridized carbons (Fsp3) is 0.733. The summed E-state index contributed by atoms with van der Waals surface area (Å²) in [7, 11) is 0. The summed E-state index contributed by atoms with van der Waals surface area (Å²) < 4.78 is 5.06. The number of hydrogen-bond donors (Lipinski definition) is 1. The van der Waals surface area contributed by atoms with Crippen molar-refractivity contribution < 1.29 is 19.4 Å². The summed E-state index contributed by atoms with van der Waals surface area (Å²) in [4.78, 5) is 21.5. The van der Waals surface area contributed by atoms with Gasteiger partial charge in [0, 0.05) is 12.2 Å². The van der Waals surface area contributed by atoms with E-state index in [9.17, 15) is 9.59 Å². The van der Waals surface area contributed by atoms with E-state index in [1.165, 1.54) is 19.3 Å². The van der Waals surface area contributed by atoms with Crippen LogP contribution < -0.4 is 0 Å². The van der Waals surface area contributed by atoms with Gasteiger partial charge < -0.3 is 9.84 Å². The van der Waals surface area contributed by atoms with Gasteiger partial charge in [-0.1, -0.05) is 26.7 Å². The molecule has 1 saturated carbocycles. The minimum Gasteiger partial charge on any atom is -0.478 e. The Kier molecular flexibility index (Phi) is 6.60. The van der Waals surface area contributed by atoms with Gasteiger partial charge in [0.05, 0.1) is 6.61 Å². The van der Waals surface area contributed by atoms with Gasteiger partial charge in [0.25, 0.3) is 0 Å². The van der Waals surface area contributed by atoms with Crippen LogP contribution in [0.25, 0.3) is 0 Å². The minimum atomic E-state index is -1.13. The Morgan fingerprint density at radius 3 is 2.26 bits per heavy atom. The summed E-state index contributed by atoms with van der Waals surface area (Å²) >= 11 is 0. The van der Waals surface area contributed by atoms with Gasteiger partial charge in [-0.2, -0.15) is 0 Å². The molecule has 1 fully saturated rings. The summed E-state index contributed by atoms with van der Waals surface area (Å²) in [6, 6.07) is 0. The highest BCUT2D eigenvalue weighted by atomic mass is 16.5. The van der Waals surface area contributed by atoms with E-state index in [0.717, 1.165) is 36.8 Å². The second-order valence-corrected chi connectivity index (χ2v) is 5.82. The zero-order valence-corrected chi connectivity index (χ0v) is 11.8. The van der Waals surface area contributed by atoms with Crippen LogP contribution in [0.5, 0.6) is 0 Å². The van der Waals surface area contributed by atoms with Crippen LogP contribution in [0, 0.1) is 17.8 Å². The number of carbonyl (C=O) groups excluding carboxylic acids is 1. The van der Waals surface area contributed by atoms with Gasteiger partial charge >= 0.3 is 11.9 Å². The minimum absolute atomic E-state index is 0.414. The van der Waals surface area contributed by atoms with E-state index in [1.807, 2.05) is 0 Å². The molecule has 0 unspecified atom stereocenters. The molecule has 0 aliphatic heterocycles. The predicted molar refractivity (Wildman–Crippen MR) is 72.6 cm³/mol. The monoisotopic (exact) mass is 268 g/mol. The van der Waals surface area contributed by atoms with Crippen molar-refractivity contribution in [3.63, 3.8) is 0 Å². The standard InChI is InChI=1S/C15H24O4/c1-11(2)9-12-3-5-13(6-4-12)10-19-15(18)8-7-14(16)17/h7-8,11-13H,3-6,9-10H2,1-2H3,(H,16,17)/b8-7+. The van der Waals surface area contributed by atoms with Crippen molar-refractivity contribution in [3.8, 4) is 0 Å². The molecular weight excluding hydrogens is 244 g/mol. The van der Waals surface area contributed by atoms with Gasteiger partial charge in [0.2, 0.25) is 0 Å². The summed E-state index contributed by atoms with van der Waals surface area (Å²) in [5.74, 6) is 0.308. The quantitative estimate of drug-likeness (QED) is 0.594. The number of esters is 1. The van der Waals surface area contributed by atoms with E-state index in [4.69, 9.17) is 9.84 Å². The van der Waals surface area contributed by atoms with Crippen molar-refractivity contribution in [1.29, 1.82) is 0 Å². The maximum Gasteiger partial charge on any atom is 0.331 e. The molecule has 0 aromatic carbocycles. The van der Waals surface area contributed by atoms with Crippen molar-refractivity contribution in [3.05, 3.63) is 12.2 Å². The molecule has 1 aliphatic rings. The predicted octanol–water partition coefficient (Wildman–Crippen LogP) is 3.02. The van der Waals surface area contributed by atoms with E-state index in [0.29, 0.717) is 12.5 Å². The summed E-state index contributed by atoms with van der Waals surface area (Å²) in [6.07, 6.45) is 7.69. The van der Waals surface area contributed by atoms with Crippen LogP contribution in [0.1, 0.15) is 46.0 Å². The number of carboxylic acids is 1. The molecule has 4 nitrogen and oxygen atoms in total. The van der Waals surface area contributed by atoms with Crippen LogP contribution in [-0.4, -0.2) is 23.7 Å². The maximum absolute atomic E-state index is 11.2. The molecule has 19 heavy (non-hydrogen) atoms. The van der Waals surface area contributed by atoms with Gasteiger partial charge in [-0.15, -0.1) is 0 Å². The van der Waals surface area contributed by atoms with Crippen LogP contribution in [0.4, 0.5) is 0 Å². The molecule has 0 heterocycles. The average Bonchev–Trinajstić information content (AvgIpc) is 2.35. The summed E-state index contributed by atoms with van der Waals surface area (Å²) in [6.45, 7) is 4.92. The maximum atomic E-state index is 11.2. The lowest BCUT2D eigenvalue weighted by atomic mass is 9.79. The van der Waals surface area contributed by atoms with E-state index in [-0.39, 0.29) is 0 Å². The molecule has 0 spiro atoms. The zero-order valence-electron chi connectivity index (χ0n) is 11.8. The molecule has 0 saturated heterocycles. The number of aliphatic carboxylic acids is 1. The molecule has 4 heteroatoms. The molecule has 0 radical (unpaired) electrons. The third-order valence-corrected chi connectivity index (χ3v) is 3.59. The van der Waals surface area contributed by atoms with E-state index < -0.39 is 11.9 Å². The summed E-state index contributed by atoms with van der Waals surface area (Å²) in [5, 5.41) is 8.39. The Hall–Kier alpha value is -1.32. The number of rotatable bonds is 6. The molecule has 0 aromatic rings. The number of ether oxygens (including phenoxy) is 1. The first kappa shape index (κ1) is 15.7. The van der Waals surface area contributed by atoms with Gasteiger partial charge in [-0.3, -0.25) is 0 Å². The second-order valence-electron chi connectivity index (χ2n) is 5.82. The Morgan fingerprint density at radius 1 is 1.16 bits per heavy atom. The number of carboxylic acid groups (broad SMARTS) is 1. The van der Waals surface area contributed by atoms with Crippen LogP contribution in [-0.2, 0) is 14.3 Å². The normalized spacial score (nSPS) is 23.7. The molecule has 1 aliphatic carbocycles. The smallest absolute Gasteiger partial charge is 0.331 e. The molecule has 0 amide bonds. The number of carbonyl (C=O) groups is 2. The molecule has 0 aromatic heterocycles. The third-order valence-electron chi connectivity index (χ3n) is 3.59. The molecule has 1 rings (SSSR count). The summed E-state index contributed by atoms with van der Waals surface area (Å²) in [5.41, 5.74) is 0. The molecule has 1 N–H and O–H groups in total. The molecule has 0 bridgehead atoms. The fourth-order valence-electron chi connectivity index (χ4n) is 2.69. The lowest BCUT2D eigenvalue weighted by Crippen LogP contribution is -2.21. The molecule has 108 valence electrons. The van der Waals surface area contributed by atoms with Gasteiger partial charge in [-0.25, -0.2) is 9.59 Å². The first-order valence-corrected chi connectivity index (χ1v) is 7.05. The van der Waals surface area contributed by atoms with Crippen molar-refractivity contribution in [1.82, 2.24) is 0 Å². The third kappa shape index (κ3) is 6.99. The lowest BCUT2D eigenvalue weighted by Gasteiger charge is -2.29. The Labute approximate surface area is 114 Å². The largest absolute Gasteiger partial charge is 0.478 e. The van der Waals surface area contributed by atoms with Crippen LogP contribution in [0.2, 0.25) is 0 Å². The first-order chi connectivity index (χ1) is 8.97. The van der Waals surface area contributed by atoms with Crippen LogP contribution in [0.15, 0.2) is 12.2 Å². The molecule has 0 atom stereocenters. The second kappa shape index (κ2) is 7.97. The van der Waals surface area contributed by atoms with Crippen molar-refractivity contribution in [2.75, 3.05) is 6.61 Å². The Balaban J connectivity index is 2.19. The Bertz CT molecular complexity index is 325. The first-order valence-electron chi connectivity index (χ1n) is 7.05. The van der Waals surface area contributed by atoms with Crippen LogP contribution in [0.3, 0.4) is 0 Å². The zero-order chi connectivity index (χ0) is 14.3. The number of hydrogen-bond acceptors (Lipinski definition) is 3. The van der Waals surface area contributed by atoms with E-state index in [2.05, 4.69) is 13.8 Å². The fourth-order valence-corrected chi connectivity index (χ4v) is 2.69. The highest BCUT2D eigenvalue weighted by molar-refractivity contribution is 5.90. The highest BCUT2D eigenvalue weighted by Gasteiger charge is 2.22. The van der Waals surface area contributed by atoms with Gasteiger partial charge in [0.15, 0.2) is 0 Å². The average molecular weight is 268 g/mol. The van der Waals surface area contributed by atoms with Crippen molar-refractivity contribution in [2.45, 2.75) is 46.0 Å². The lowest BCUT2D eigenvalue weighted by molar-refractivity contribution is -0.140. The van der Waals surface area contributed by atoms with Crippen LogP contribution >= 0.6 is 0 Å². The topological polar surface area (TPSA) is 63.6 Å². The van der Waals surface area contributed by atoms with E-state index in [1.54, 1.807) is 0 Å². The molecular formula is C15H24O4. The Morgan fingerprint density at radius 2 is 1.74 bits per heavy atom. The SMILES string of the molecule is CC(C)CC1CCC(COC(=O)/C=C/C(=O)O)CC1. The van der Waals surface area contributed by atoms with E-state index >= 15 is 0 Å². The van der Waals surface area contributed by atoms with Crippen molar-refractivity contribution in [2.24, 2.45) is 17.8 Å². The van der Waals surface area contributed by atoms with Crippen molar-refractivity contribution >= 4 is 11.9 Å².